The van der Waals surface area contributed by atoms with E-state index in [0.29, 0.717) is 39.1 Å². The molecular formula is C27H37BrF4N4O5. The molecule has 2 saturated heterocycles. The van der Waals surface area contributed by atoms with Crippen LogP contribution in [0.4, 0.5) is 17.6 Å². The predicted molar refractivity (Wildman–Crippen MR) is 143 cm³/mol. The van der Waals surface area contributed by atoms with Gasteiger partial charge in [0.05, 0.1) is 31.2 Å². The lowest BCUT2D eigenvalue weighted by Gasteiger charge is -2.46. The van der Waals surface area contributed by atoms with Crippen molar-refractivity contribution in [2.45, 2.75) is 73.5 Å². The molecule has 2 saturated carbocycles. The van der Waals surface area contributed by atoms with Gasteiger partial charge in [0.25, 0.3) is 0 Å². The molecule has 2 N–H and O–H groups in total. The van der Waals surface area contributed by atoms with Gasteiger partial charge < -0.3 is 25.0 Å². The first kappa shape index (κ1) is 30.7. The molecule has 14 heteroatoms. The van der Waals surface area contributed by atoms with Crippen LogP contribution < -0.4 is 10.6 Å². The molecule has 5 aliphatic rings. The third-order valence-corrected chi connectivity index (χ3v) is 10.00. The summed E-state index contributed by atoms with van der Waals surface area (Å²) >= 11 is 3.38. The molecule has 9 nitrogen and oxygen atoms in total. The minimum Gasteiger partial charge on any atom is -0.381 e. The number of methoxy groups -OCH3 is 1. The Morgan fingerprint density at radius 3 is 2.56 bits per heavy atom. The van der Waals surface area contributed by atoms with E-state index in [1.165, 1.54) is 13.2 Å². The summed E-state index contributed by atoms with van der Waals surface area (Å²) in [5, 5.41) is 5.65. The first-order valence-corrected chi connectivity index (χ1v) is 15.2. The highest BCUT2D eigenvalue weighted by atomic mass is 79.9. The number of nitrogens with zero attached hydrogens (tertiary/aromatic N) is 2. The van der Waals surface area contributed by atoms with Gasteiger partial charge in [-0.2, -0.15) is 13.2 Å². The molecule has 0 spiro atoms. The van der Waals surface area contributed by atoms with Crippen molar-refractivity contribution in [3.8, 4) is 0 Å². The van der Waals surface area contributed by atoms with E-state index in [-0.39, 0.29) is 43.8 Å². The van der Waals surface area contributed by atoms with Crippen molar-refractivity contribution in [1.82, 2.24) is 20.4 Å². The second-order valence-electron chi connectivity index (χ2n) is 11.8. The Morgan fingerprint density at radius 2 is 1.88 bits per heavy atom. The second kappa shape index (κ2) is 12.5. The first-order valence-electron chi connectivity index (χ1n) is 14.3. The molecule has 3 amide bonds. The fourth-order valence-corrected chi connectivity index (χ4v) is 8.22. The van der Waals surface area contributed by atoms with Crippen molar-refractivity contribution in [2.75, 3.05) is 46.5 Å². The van der Waals surface area contributed by atoms with Crippen LogP contribution in [0.1, 0.15) is 32.1 Å². The molecule has 5 rings (SSSR count). The highest BCUT2D eigenvalue weighted by Crippen LogP contribution is 2.46. The maximum Gasteiger partial charge on any atom is 0.393 e. The number of ether oxygens (including phenoxy) is 2. The normalized spacial score (nSPS) is 38.6. The SMILES string of the molecule is COC1CC(F)CC2NC(=O)C=C(C(=O)N[C@@H]3CCN(C4C(C(=O)N5CCOCC5)CC(Br)CC4C(F)(F)F)C3)C21. The van der Waals surface area contributed by atoms with E-state index in [1.54, 1.807) is 9.80 Å². The van der Waals surface area contributed by atoms with Crippen LogP contribution in [-0.4, -0.2) is 115 Å². The number of hydrogen-bond donors (Lipinski definition) is 2. The third-order valence-electron chi connectivity index (χ3n) is 9.25. The Morgan fingerprint density at radius 1 is 1.15 bits per heavy atom. The van der Waals surface area contributed by atoms with Crippen molar-refractivity contribution in [1.29, 1.82) is 0 Å². The van der Waals surface area contributed by atoms with Gasteiger partial charge in [-0.05, 0) is 25.7 Å². The minimum atomic E-state index is -4.50. The number of likely N-dealkylation sites (tertiary alicyclic amines) is 1. The van der Waals surface area contributed by atoms with E-state index in [1.807, 2.05) is 0 Å². The quantitative estimate of drug-likeness (QED) is 0.348. The lowest BCUT2D eigenvalue weighted by molar-refractivity contribution is -0.205. The van der Waals surface area contributed by atoms with E-state index >= 15 is 0 Å². The average Bonchev–Trinajstić information content (AvgIpc) is 3.38. The Labute approximate surface area is 244 Å². The van der Waals surface area contributed by atoms with Gasteiger partial charge in [-0.15, -0.1) is 0 Å². The largest absolute Gasteiger partial charge is 0.393 e. The number of hydrogen-bond acceptors (Lipinski definition) is 6. The minimum absolute atomic E-state index is 0.0751. The predicted octanol–water partition coefficient (Wildman–Crippen LogP) is 1.94. The number of alkyl halides is 5. The lowest BCUT2D eigenvalue weighted by atomic mass is 9.74. The van der Waals surface area contributed by atoms with Crippen molar-refractivity contribution < 1.29 is 41.4 Å². The van der Waals surface area contributed by atoms with Gasteiger partial charge in [-0.1, -0.05) is 15.9 Å². The maximum atomic E-state index is 14.4. The fraction of sp³-hybridized carbons (Fsp3) is 0.815. The molecular weight excluding hydrogens is 616 g/mol. The zero-order valence-corrected chi connectivity index (χ0v) is 24.5. The van der Waals surface area contributed by atoms with Crippen LogP contribution in [0.3, 0.4) is 0 Å². The summed E-state index contributed by atoms with van der Waals surface area (Å²) in [5.41, 5.74) is 0.198. The van der Waals surface area contributed by atoms with Crippen LogP contribution >= 0.6 is 15.9 Å². The summed E-state index contributed by atoms with van der Waals surface area (Å²) in [6, 6.07) is -2.11. The van der Waals surface area contributed by atoms with Gasteiger partial charge in [-0.3, -0.25) is 19.3 Å². The van der Waals surface area contributed by atoms with Crippen LogP contribution in [0.15, 0.2) is 11.6 Å². The van der Waals surface area contributed by atoms with E-state index in [2.05, 4.69) is 26.6 Å². The van der Waals surface area contributed by atoms with Crippen LogP contribution in [0, 0.1) is 17.8 Å². The molecule has 0 aromatic carbocycles. The second-order valence-corrected chi connectivity index (χ2v) is 13.1. The Kier molecular flexibility index (Phi) is 9.32. The van der Waals surface area contributed by atoms with E-state index in [9.17, 15) is 31.9 Å². The molecule has 2 aliphatic carbocycles. The molecule has 3 aliphatic heterocycles. The van der Waals surface area contributed by atoms with Crippen LogP contribution in [0.5, 0.6) is 0 Å². The van der Waals surface area contributed by atoms with Gasteiger partial charge in [0, 0.05) is 80.2 Å². The highest BCUT2D eigenvalue weighted by Gasteiger charge is 2.56. The van der Waals surface area contributed by atoms with E-state index in [0.717, 1.165) is 0 Å². The van der Waals surface area contributed by atoms with E-state index in [4.69, 9.17) is 9.47 Å². The Bertz CT molecular complexity index is 1040. The third kappa shape index (κ3) is 6.59. The number of fused-ring (bicyclic) bond motifs is 1. The summed E-state index contributed by atoms with van der Waals surface area (Å²) in [6.45, 7) is 1.84. The standard InChI is InChI=1S/C27H37BrF4N4O5/c1-40-21-11-15(29)10-20-23(21)17(12-22(37)34-20)25(38)33-16-2-3-36(13-16)24-18(26(39)35-4-6-41-7-5-35)8-14(28)9-19(24)27(30,31)32/h12,14-16,18-21,23-24H,2-11,13H2,1H3,(H,33,38)(H,34,37)/t14?,15?,16-,18?,19?,20?,21?,23?,24?/m1/s1. The molecule has 230 valence electrons. The summed E-state index contributed by atoms with van der Waals surface area (Å²) < 4.78 is 68.3. The van der Waals surface area contributed by atoms with Gasteiger partial charge in [0.2, 0.25) is 17.7 Å². The van der Waals surface area contributed by atoms with E-state index < -0.39 is 71.0 Å². The molecule has 9 atom stereocenters. The first-order chi connectivity index (χ1) is 19.5. The molecule has 4 fully saturated rings. The van der Waals surface area contributed by atoms with Gasteiger partial charge in [-0.25, -0.2) is 4.39 Å². The number of amides is 3. The molecule has 0 aromatic heterocycles. The Balaban J connectivity index is 1.32. The smallest absolute Gasteiger partial charge is 0.381 e. The number of nitrogens with one attached hydrogen (secondary N) is 2. The molecule has 41 heavy (non-hydrogen) atoms. The van der Waals surface area contributed by atoms with Crippen molar-refractivity contribution in [3.05, 3.63) is 11.6 Å². The van der Waals surface area contributed by atoms with Crippen molar-refractivity contribution in [3.63, 3.8) is 0 Å². The van der Waals surface area contributed by atoms with Crippen molar-refractivity contribution >= 4 is 33.7 Å². The number of carbonyl (C=O) groups excluding carboxylic acids is 3. The van der Waals surface area contributed by atoms with Crippen LogP contribution in [0.25, 0.3) is 0 Å². The van der Waals surface area contributed by atoms with Gasteiger partial charge >= 0.3 is 6.18 Å². The Hall–Kier alpha value is -1.77. The zero-order chi connectivity index (χ0) is 29.5. The molecule has 0 radical (unpaired) electrons. The fourth-order valence-electron chi connectivity index (χ4n) is 7.42. The summed E-state index contributed by atoms with van der Waals surface area (Å²) in [6.07, 6.45) is -4.32. The summed E-state index contributed by atoms with van der Waals surface area (Å²) in [5.74, 6) is -4.36. The lowest BCUT2D eigenvalue weighted by Crippen LogP contribution is -2.59. The topological polar surface area (TPSA) is 100 Å². The van der Waals surface area contributed by atoms with Crippen LogP contribution in [0.2, 0.25) is 0 Å². The number of halogens is 5. The molecule has 0 aromatic rings. The summed E-state index contributed by atoms with van der Waals surface area (Å²) in [4.78, 5) is 42.2. The number of rotatable bonds is 5. The maximum absolute atomic E-state index is 14.4. The van der Waals surface area contributed by atoms with Gasteiger partial charge in [0.1, 0.15) is 6.17 Å². The van der Waals surface area contributed by atoms with Gasteiger partial charge in [0.15, 0.2) is 0 Å². The summed E-state index contributed by atoms with van der Waals surface area (Å²) in [7, 11) is 1.44. The highest BCUT2D eigenvalue weighted by molar-refractivity contribution is 9.09. The molecule has 0 bridgehead atoms. The monoisotopic (exact) mass is 652 g/mol. The number of morpholine rings is 1. The zero-order valence-electron chi connectivity index (χ0n) is 22.9. The molecule has 8 unspecified atom stereocenters. The number of carbonyl (C=O) groups is 3. The average molecular weight is 654 g/mol. The molecule has 3 heterocycles. The van der Waals surface area contributed by atoms with Crippen LogP contribution in [-0.2, 0) is 23.9 Å². The van der Waals surface area contributed by atoms with Crippen molar-refractivity contribution in [2.24, 2.45) is 17.8 Å².